The Morgan fingerprint density at radius 3 is 2.73 bits per heavy atom. The second-order valence-corrected chi connectivity index (χ2v) is 3.87. The van der Waals surface area contributed by atoms with Crippen LogP contribution in [0.1, 0.15) is 17.2 Å². The Morgan fingerprint density at radius 2 is 2.20 bits per heavy atom. The lowest BCUT2D eigenvalue weighted by Crippen LogP contribution is -1.99. The molecule has 0 aliphatic rings. The Balaban J connectivity index is 2.22. The lowest BCUT2D eigenvalue weighted by atomic mass is 10.1. The van der Waals surface area contributed by atoms with E-state index in [9.17, 15) is 5.11 Å². The standard InChI is InChI=1S/C11H11NO2S/c1-14-10-3-2-8(6-12-10)11(13)9-4-5-15-7-9/h2-7,11,13H,1H3. The van der Waals surface area contributed by atoms with Crippen molar-refractivity contribution in [2.75, 3.05) is 7.11 Å². The molecule has 78 valence electrons. The topological polar surface area (TPSA) is 42.4 Å². The van der Waals surface area contributed by atoms with Crippen molar-refractivity contribution >= 4 is 11.3 Å². The van der Waals surface area contributed by atoms with Gasteiger partial charge in [-0.05, 0) is 28.5 Å². The van der Waals surface area contributed by atoms with Gasteiger partial charge in [0.2, 0.25) is 5.88 Å². The Morgan fingerprint density at radius 1 is 1.33 bits per heavy atom. The van der Waals surface area contributed by atoms with E-state index in [0.29, 0.717) is 5.88 Å². The number of nitrogens with zero attached hydrogens (tertiary/aromatic N) is 1. The molecule has 0 aliphatic heterocycles. The molecule has 0 aromatic carbocycles. The first kappa shape index (κ1) is 10.1. The largest absolute Gasteiger partial charge is 0.481 e. The van der Waals surface area contributed by atoms with Crippen molar-refractivity contribution in [3.63, 3.8) is 0 Å². The van der Waals surface area contributed by atoms with Gasteiger partial charge in [-0.2, -0.15) is 11.3 Å². The van der Waals surface area contributed by atoms with Crippen LogP contribution >= 0.6 is 11.3 Å². The van der Waals surface area contributed by atoms with Gasteiger partial charge in [-0.25, -0.2) is 4.98 Å². The molecule has 2 heterocycles. The van der Waals surface area contributed by atoms with Gasteiger partial charge >= 0.3 is 0 Å². The highest BCUT2D eigenvalue weighted by Gasteiger charge is 2.10. The third-order valence-electron chi connectivity index (χ3n) is 2.14. The molecular weight excluding hydrogens is 210 g/mol. The van der Waals surface area contributed by atoms with Crippen LogP contribution in [0, 0.1) is 0 Å². The third kappa shape index (κ3) is 2.16. The number of aliphatic hydroxyl groups excluding tert-OH is 1. The lowest BCUT2D eigenvalue weighted by molar-refractivity contribution is 0.220. The maximum atomic E-state index is 9.97. The molecule has 2 aromatic heterocycles. The molecule has 2 rings (SSSR count). The van der Waals surface area contributed by atoms with Crippen molar-refractivity contribution in [3.8, 4) is 5.88 Å². The molecule has 0 spiro atoms. The predicted octanol–water partition coefficient (Wildman–Crippen LogP) is 2.23. The molecule has 0 saturated heterocycles. The predicted molar refractivity (Wildman–Crippen MR) is 59.2 cm³/mol. The summed E-state index contributed by atoms with van der Waals surface area (Å²) >= 11 is 1.57. The van der Waals surface area contributed by atoms with E-state index < -0.39 is 6.10 Å². The quantitative estimate of drug-likeness (QED) is 0.864. The van der Waals surface area contributed by atoms with E-state index in [1.165, 1.54) is 0 Å². The molecule has 15 heavy (non-hydrogen) atoms. The number of methoxy groups -OCH3 is 1. The van der Waals surface area contributed by atoms with E-state index in [1.807, 2.05) is 22.9 Å². The molecule has 0 amide bonds. The molecule has 1 atom stereocenters. The van der Waals surface area contributed by atoms with Crippen molar-refractivity contribution in [1.29, 1.82) is 0 Å². The van der Waals surface area contributed by atoms with Gasteiger partial charge in [0.25, 0.3) is 0 Å². The summed E-state index contributed by atoms with van der Waals surface area (Å²) < 4.78 is 4.95. The minimum absolute atomic E-state index is 0.552. The Labute approximate surface area is 92.0 Å². The van der Waals surface area contributed by atoms with Crippen LogP contribution in [0.25, 0.3) is 0 Å². The van der Waals surface area contributed by atoms with Crippen molar-refractivity contribution in [3.05, 3.63) is 46.3 Å². The highest BCUT2D eigenvalue weighted by atomic mass is 32.1. The number of aliphatic hydroxyl groups is 1. The molecule has 3 nitrogen and oxygen atoms in total. The number of rotatable bonds is 3. The van der Waals surface area contributed by atoms with Crippen molar-refractivity contribution < 1.29 is 9.84 Å². The summed E-state index contributed by atoms with van der Waals surface area (Å²) in [6, 6.07) is 5.46. The fourth-order valence-corrected chi connectivity index (χ4v) is 1.98. The number of pyridine rings is 1. The Kier molecular flexibility index (Phi) is 2.99. The van der Waals surface area contributed by atoms with Gasteiger partial charge < -0.3 is 9.84 Å². The molecule has 2 aromatic rings. The minimum Gasteiger partial charge on any atom is -0.481 e. The first-order valence-electron chi connectivity index (χ1n) is 4.51. The fraction of sp³-hybridized carbons (Fsp3) is 0.182. The van der Waals surface area contributed by atoms with Crippen LogP contribution in [-0.4, -0.2) is 17.2 Å². The summed E-state index contributed by atoms with van der Waals surface area (Å²) in [4.78, 5) is 4.05. The number of thiophene rings is 1. The minimum atomic E-state index is -0.602. The second kappa shape index (κ2) is 4.42. The maximum Gasteiger partial charge on any atom is 0.212 e. The highest BCUT2D eigenvalue weighted by Crippen LogP contribution is 2.23. The second-order valence-electron chi connectivity index (χ2n) is 3.09. The van der Waals surface area contributed by atoms with Gasteiger partial charge in [-0.1, -0.05) is 0 Å². The first-order valence-corrected chi connectivity index (χ1v) is 5.45. The zero-order chi connectivity index (χ0) is 10.7. The molecule has 0 radical (unpaired) electrons. The van der Waals surface area contributed by atoms with Crippen LogP contribution < -0.4 is 4.74 Å². The molecule has 0 aliphatic carbocycles. The van der Waals surface area contributed by atoms with Crippen LogP contribution in [0.2, 0.25) is 0 Å². The van der Waals surface area contributed by atoms with Crippen LogP contribution in [0.5, 0.6) is 5.88 Å². The molecular formula is C11H11NO2S. The molecule has 1 N–H and O–H groups in total. The zero-order valence-electron chi connectivity index (χ0n) is 8.25. The van der Waals surface area contributed by atoms with E-state index in [2.05, 4.69) is 4.98 Å². The third-order valence-corrected chi connectivity index (χ3v) is 2.84. The number of aromatic nitrogens is 1. The van der Waals surface area contributed by atoms with Gasteiger partial charge in [-0.15, -0.1) is 0 Å². The van der Waals surface area contributed by atoms with E-state index >= 15 is 0 Å². The van der Waals surface area contributed by atoms with Crippen LogP contribution in [0.15, 0.2) is 35.2 Å². The summed E-state index contributed by atoms with van der Waals surface area (Å²) in [6.07, 6.45) is 1.02. The summed E-state index contributed by atoms with van der Waals surface area (Å²) in [7, 11) is 1.57. The van der Waals surface area contributed by atoms with Gasteiger partial charge in [0, 0.05) is 17.8 Å². The summed E-state index contributed by atoms with van der Waals surface area (Å²) in [6.45, 7) is 0. The summed E-state index contributed by atoms with van der Waals surface area (Å²) in [5.41, 5.74) is 1.67. The maximum absolute atomic E-state index is 9.97. The van der Waals surface area contributed by atoms with Crippen LogP contribution in [0.4, 0.5) is 0 Å². The van der Waals surface area contributed by atoms with Gasteiger partial charge in [0.1, 0.15) is 6.10 Å². The number of hydrogen-bond acceptors (Lipinski definition) is 4. The van der Waals surface area contributed by atoms with E-state index in [-0.39, 0.29) is 0 Å². The SMILES string of the molecule is COc1ccc(C(O)c2ccsc2)cn1. The Bertz CT molecular complexity index is 411. The normalized spacial score (nSPS) is 12.4. The van der Waals surface area contributed by atoms with Gasteiger partial charge in [0.05, 0.1) is 7.11 Å². The first-order chi connectivity index (χ1) is 7.31. The smallest absolute Gasteiger partial charge is 0.212 e. The van der Waals surface area contributed by atoms with Gasteiger partial charge in [0.15, 0.2) is 0 Å². The van der Waals surface area contributed by atoms with Crippen LogP contribution in [-0.2, 0) is 0 Å². The molecule has 0 saturated carbocycles. The van der Waals surface area contributed by atoms with Crippen molar-refractivity contribution in [1.82, 2.24) is 4.98 Å². The highest BCUT2D eigenvalue weighted by molar-refractivity contribution is 7.07. The van der Waals surface area contributed by atoms with Gasteiger partial charge in [-0.3, -0.25) is 0 Å². The average Bonchev–Trinajstić information content (AvgIpc) is 2.82. The van der Waals surface area contributed by atoms with Crippen molar-refractivity contribution in [2.24, 2.45) is 0 Å². The summed E-state index contributed by atoms with van der Waals surface area (Å²) in [5.74, 6) is 0.552. The zero-order valence-corrected chi connectivity index (χ0v) is 9.07. The average molecular weight is 221 g/mol. The van der Waals surface area contributed by atoms with E-state index in [1.54, 1.807) is 30.7 Å². The number of hydrogen-bond donors (Lipinski definition) is 1. The van der Waals surface area contributed by atoms with E-state index in [4.69, 9.17) is 4.74 Å². The number of ether oxygens (including phenoxy) is 1. The molecule has 4 heteroatoms. The molecule has 0 bridgehead atoms. The molecule has 0 fully saturated rings. The molecule has 1 unspecified atom stereocenters. The van der Waals surface area contributed by atoms with Crippen molar-refractivity contribution in [2.45, 2.75) is 6.10 Å². The van der Waals surface area contributed by atoms with E-state index in [0.717, 1.165) is 11.1 Å². The monoisotopic (exact) mass is 221 g/mol. The Hall–Kier alpha value is -1.39. The van der Waals surface area contributed by atoms with Crippen LogP contribution in [0.3, 0.4) is 0 Å². The fourth-order valence-electron chi connectivity index (χ4n) is 1.30. The summed E-state index contributed by atoms with van der Waals surface area (Å²) in [5, 5.41) is 13.8. The lowest BCUT2D eigenvalue weighted by Gasteiger charge is -2.08.